The van der Waals surface area contributed by atoms with Gasteiger partial charge in [-0.2, -0.15) is 0 Å². The van der Waals surface area contributed by atoms with E-state index >= 15 is 0 Å². The minimum absolute atomic E-state index is 0.769. The van der Waals surface area contributed by atoms with Gasteiger partial charge in [0.15, 0.2) is 5.82 Å². The molecule has 0 saturated heterocycles. The van der Waals surface area contributed by atoms with Crippen molar-refractivity contribution in [1.82, 2.24) is 9.97 Å². The van der Waals surface area contributed by atoms with E-state index in [1.54, 1.807) is 22.7 Å². The highest BCUT2D eigenvalue weighted by Crippen LogP contribution is 2.39. The first-order valence-corrected chi connectivity index (χ1v) is 8.35. The molecule has 1 aliphatic carbocycles. The number of hydrogen-bond donors (Lipinski definition) is 2. The number of nitrogens with zero attached hydrogens (tertiary/aromatic N) is 2. The van der Waals surface area contributed by atoms with E-state index in [0.717, 1.165) is 34.7 Å². The zero-order valence-corrected chi connectivity index (χ0v) is 12.5. The summed E-state index contributed by atoms with van der Waals surface area (Å²) in [6, 6.07) is 4.17. The maximum atomic E-state index is 5.68. The van der Waals surface area contributed by atoms with Crippen LogP contribution in [0.2, 0.25) is 0 Å². The predicted octanol–water partition coefficient (Wildman–Crippen LogP) is 3.12. The Kier molecular flexibility index (Phi) is 2.94. The van der Waals surface area contributed by atoms with Crippen molar-refractivity contribution in [3.63, 3.8) is 0 Å². The lowest BCUT2D eigenvalue weighted by Gasteiger charge is -2.06. The van der Waals surface area contributed by atoms with Crippen LogP contribution in [0.5, 0.6) is 0 Å². The lowest BCUT2D eigenvalue weighted by Crippen LogP contribution is -2.11. The van der Waals surface area contributed by atoms with Crippen LogP contribution in [0.15, 0.2) is 17.5 Å². The van der Waals surface area contributed by atoms with Crippen LogP contribution in [-0.2, 0) is 19.3 Å². The number of thiophene rings is 2. The van der Waals surface area contributed by atoms with Gasteiger partial charge in [0.1, 0.15) is 10.7 Å². The third kappa shape index (κ3) is 1.91. The lowest BCUT2D eigenvalue weighted by atomic mass is 10.2. The first-order chi connectivity index (χ1) is 9.85. The number of anilines is 1. The molecule has 3 aromatic heterocycles. The number of nitrogen functional groups attached to an aromatic ring is 1. The highest BCUT2D eigenvalue weighted by molar-refractivity contribution is 7.19. The average molecular weight is 302 g/mol. The fourth-order valence-corrected chi connectivity index (χ4v) is 4.77. The summed E-state index contributed by atoms with van der Waals surface area (Å²) in [5.41, 5.74) is 4.17. The summed E-state index contributed by atoms with van der Waals surface area (Å²) in [5, 5.41) is 3.22. The SMILES string of the molecule is NNc1nc(Cc2cccs2)nc2sc3c(c12)CCC3. The normalized spacial score (nSPS) is 13.8. The van der Waals surface area contributed by atoms with Gasteiger partial charge < -0.3 is 5.43 Å². The Morgan fingerprint density at radius 1 is 1.30 bits per heavy atom. The number of aryl methyl sites for hydroxylation is 2. The predicted molar refractivity (Wildman–Crippen MR) is 84.4 cm³/mol. The smallest absolute Gasteiger partial charge is 0.152 e. The van der Waals surface area contributed by atoms with Crippen LogP contribution < -0.4 is 11.3 Å². The highest BCUT2D eigenvalue weighted by Gasteiger charge is 2.22. The second-order valence-corrected chi connectivity index (χ2v) is 7.04. The van der Waals surface area contributed by atoms with Crippen LogP contribution in [-0.4, -0.2) is 9.97 Å². The molecule has 20 heavy (non-hydrogen) atoms. The Bertz CT molecular complexity index is 761. The average Bonchev–Trinajstić information content (AvgIpc) is 3.13. The Labute approximate surface area is 124 Å². The van der Waals surface area contributed by atoms with Crippen molar-refractivity contribution in [2.24, 2.45) is 5.84 Å². The van der Waals surface area contributed by atoms with Crippen LogP contribution in [0.25, 0.3) is 10.2 Å². The van der Waals surface area contributed by atoms with Crippen molar-refractivity contribution in [2.75, 3.05) is 5.43 Å². The summed E-state index contributed by atoms with van der Waals surface area (Å²) in [6.07, 6.45) is 4.29. The number of aromatic nitrogens is 2. The van der Waals surface area contributed by atoms with Gasteiger partial charge in [0.05, 0.1) is 5.39 Å². The van der Waals surface area contributed by atoms with Gasteiger partial charge in [-0.25, -0.2) is 15.8 Å². The van der Waals surface area contributed by atoms with E-state index in [0.29, 0.717) is 0 Å². The number of nitrogens with two attached hydrogens (primary N) is 1. The van der Waals surface area contributed by atoms with Crippen molar-refractivity contribution in [2.45, 2.75) is 25.7 Å². The highest BCUT2D eigenvalue weighted by atomic mass is 32.1. The third-order valence-corrected chi connectivity index (χ3v) is 5.72. The van der Waals surface area contributed by atoms with Gasteiger partial charge in [-0.15, -0.1) is 22.7 Å². The first-order valence-electron chi connectivity index (χ1n) is 6.65. The number of hydrazine groups is 1. The molecule has 4 nitrogen and oxygen atoms in total. The zero-order valence-electron chi connectivity index (χ0n) is 10.8. The van der Waals surface area contributed by atoms with Crippen molar-refractivity contribution < 1.29 is 0 Å². The fraction of sp³-hybridized carbons (Fsp3) is 0.286. The molecular formula is C14H14N4S2. The Balaban J connectivity index is 1.84. The maximum Gasteiger partial charge on any atom is 0.152 e. The van der Waals surface area contributed by atoms with E-state index < -0.39 is 0 Å². The van der Waals surface area contributed by atoms with Gasteiger partial charge in [-0.3, -0.25) is 0 Å². The first kappa shape index (κ1) is 12.3. The van der Waals surface area contributed by atoms with Crippen molar-refractivity contribution in [3.05, 3.63) is 38.7 Å². The molecule has 0 fully saturated rings. The molecule has 0 bridgehead atoms. The molecule has 3 N–H and O–H groups in total. The molecule has 0 amide bonds. The Morgan fingerprint density at radius 3 is 3.05 bits per heavy atom. The standard InChI is InChI=1S/C14H14N4S2/c15-18-13-12-9-4-1-5-10(9)20-14(12)17-11(16-13)7-8-3-2-6-19-8/h2-3,6H,1,4-5,7,15H2,(H,16,17,18). The van der Waals surface area contributed by atoms with Crippen molar-refractivity contribution in [3.8, 4) is 0 Å². The molecular weight excluding hydrogens is 288 g/mol. The molecule has 102 valence electrons. The van der Waals surface area contributed by atoms with Gasteiger partial charge in [0.2, 0.25) is 0 Å². The molecule has 3 heterocycles. The number of rotatable bonds is 3. The number of nitrogens with one attached hydrogen (secondary N) is 1. The van der Waals surface area contributed by atoms with E-state index in [9.17, 15) is 0 Å². The van der Waals surface area contributed by atoms with Gasteiger partial charge in [0, 0.05) is 16.2 Å². The van der Waals surface area contributed by atoms with Crippen LogP contribution in [0.3, 0.4) is 0 Å². The van der Waals surface area contributed by atoms with Crippen molar-refractivity contribution in [1.29, 1.82) is 0 Å². The molecule has 1 aliphatic rings. The molecule has 0 saturated carbocycles. The quantitative estimate of drug-likeness (QED) is 0.576. The van der Waals surface area contributed by atoms with Gasteiger partial charge in [-0.05, 0) is 36.3 Å². The molecule has 0 unspecified atom stereocenters. The van der Waals surface area contributed by atoms with E-state index in [4.69, 9.17) is 10.8 Å². The van der Waals surface area contributed by atoms with Crippen LogP contribution in [0.4, 0.5) is 5.82 Å². The largest absolute Gasteiger partial charge is 0.308 e. The Hall–Kier alpha value is -1.50. The lowest BCUT2D eigenvalue weighted by molar-refractivity contribution is 0.916. The second-order valence-electron chi connectivity index (χ2n) is 4.93. The molecule has 0 radical (unpaired) electrons. The summed E-state index contributed by atoms with van der Waals surface area (Å²) >= 11 is 3.53. The summed E-state index contributed by atoms with van der Waals surface area (Å²) in [4.78, 5) is 13.2. The molecule has 3 aromatic rings. The molecule has 4 rings (SSSR count). The molecule has 6 heteroatoms. The Morgan fingerprint density at radius 2 is 2.25 bits per heavy atom. The molecule has 0 aliphatic heterocycles. The topological polar surface area (TPSA) is 63.8 Å². The second kappa shape index (κ2) is 4.80. The molecule has 0 aromatic carbocycles. The summed E-state index contributed by atoms with van der Waals surface area (Å²) in [5.74, 6) is 7.30. The monoisotopic (exact) mass is 302 g/mol. The molecule has 0 atom stereocenters. The van der Waals surface area contributed by atoms with Crippen molar-refractivity contribution >= 4 is 38.7 Å². The minimum atomic E-state index is 0.769. The van der Waals surface area contributed by atoms with E-state index in [2.05, 4.69) is 27.9 Å². The number of hydrogen-bond acceptors (Lipinski definition) is 6. The van der Waals surface area contributed by atoms with Crippen LogP contribution in [0.1, 0.15) is 27.6 Å². The van der Waals surface area contributed by atoms with Crippen LogP contribution >= 0.6 is 22.7 Å². The summed E-state index contributed by atoms with van der Waals surface area (Å²) < 4.78 is 0. The van der Waals surface area contributed by atoms with E-state index in [1.165, 1.54) is 28.2 Å². The van der Waals surface area contributed by atoms with Crippen LogP contribution in [0, 0.1) is 0 Å². The van der Waals surface area contributed by atoms with Gasteiger partial charge in [-0.1, -0.05) is 6.07 Å². The third-order valence-electron chi connectivity index (χ3n) is 3.66. The minimum Gasteiger partial charge on any atom is -0.308 e. The summed E-state index contributed by atoms with van der Waals surface area (Å²) in [6.45, 7) is 0. The van der Waals surface area contributed by atoms with E-state index in [-0.39, 0.29) is 0 Å². The maximum absolute atomic E-state index is 5.68. The molecule has 0 spiro atoms. The van der Waals surface area contributed by atoms with Gasteiger partial charge >= 0.3 is 0 Å². The van der Waals surface area contributed by atoms with Gasteiger partial charge in [0.25, 0.3) is 0 Å². The van der Waals surface area contributed by atoms with E-state index in [1.807, 2.05) is 0 Å². The summed E-state index contributed by atoms with van der Waals surface area (Å²) in [7, 11) is 0. The fourth-order valence-electron chi connectivity index (χ4n) is 2.79. The number of fused-ring (bicyclic) bond motifs is 3. The zero-order chi connectivity index (χ0) is 13.5.